The first-order valence-corrected chi connectivity index (χ1v) is 7.65. The van der Waals surface area contributed by atoms with Crippen LogP contribution in [0.3, 0.4) is 0 Å². The van der Waals surface area contributed by atoms with Crippen molar-refractivity contribution in [3.8, 4) is 0 Å². The van der Waals surface area contributed by atoms with Crippen LogP contribution in [0.25, 0.3) is 0 Å². The zero-order valence-electron chi connectivity index (χ0n) is 11.0. The third-order valence-electron chi connectivity index (χ3n) is 2.54. The third-order valence-corrected chi connectivity index (χ3v) is 4.16. The molecule has 0 atom stereocenters. The van der Waals surface area contributed by atoms with E-state index in [0.29, 0.717) is 0 Å². The summed E-state index contributed by atoms with van der Waals surface area (Å²) in [5.74, 6) is -0.156. The minimum atomic E-state index is -0.156. The molecule has 2 aromatic rings. The molecule has 2 rings (SSSR count). The standard InChI is InChI=1S/C14H15BrN2O2S/c1-19-9-14(18)17-11-4-2-10(3-5-11)16-8-12-6-7-13(15)20-12/h2-7,16H,8-9H2,1H3,(H,17,18). The Hall–Kier alpha value is -1.37. The number of methoxy groups -OCH3 is 1. The Morgan fingerprint density at radius 1 is 1.20 bits per heavy atom. The zero-order valence-corrected chi connectivity index (χ0v) is 13.4. The monoisotopic (exact) mass is 354 g/mol. The molecule has 1 aromatic carbocycles. The smallest absolute Gasteiger partial charge is 0.250 e. The summed E-state index contributed by atoms with van der Waals surface area (Å²) in [5, 5.41) is 6.08. The van der Waals surface area contributed by atoms with E-state index in [2.05, 4.69) is 32.6 Å². The van der Waals surface area contributed by atoms with Gasteiger partial charge in [-0.05, 0) is 52.3 Å². The maximum Gasteiger partial charge on any atom is 0.250 e. The fraction of sp³-hybridized carbons (Fsp3) is 0.214. The predicted octanol–water partition coefficient (Wildman–Crippen LogP) is 3.71. The van der Waals surface area contributed by atoms with E-state index in [9.17, 15) is 4.79 Å². The van der Waals surface area contributed by atoms with Crippen LogP contribution in [0.5, 0.6) is 0 Å². The Labute approximate surface area is 130 Å². The van der Waals surface area contributed by atoms with E-state index < -0.39 is 0 Å². The minimum Gasteiger partial charge on any atom is -0.380 e. The van der Waals surface area contributed by atoms with Gasteiger partial charge in [0.25, 0.3) is 0 Å². The molecule has 0 saturated heterocycles. The Morgan fingerprint density at radius 3 is 2.50 bits per heavy atom. The number of halogens is 1. The molecular weight excluding hydrogens is 340 g/mol. The Bertz CT molecular complexity index is 569. The summed E-state index contributed by atoms with van der Waals surface area (Å²) in [7, 11) is 1.50. The van der Waals surface area contributed by atoms with Crippen molar-refractivity contribution >= 4 is 44.5 Å². The molecule has 0 fully saturated rings. The van der Waals surface area contributed by atoms with Gasteiger partial charge in [-0.1, -0.05) is 0 Å². The quantitative estimate of drug-likeness (QED) is 0.831. The molecule has 0 aliphatic carbocycles. The zero-order chi connectivity index (χ0) is 14.4. The lowest BCUT2D eigenvalue weighted by Gasteiger charge is -2.07. The third kappa shape index (κ3) is 4.63. The SMILES string of the molecule is COCC(=O)Nc1ccc(NCc2ccc(Br)s2)cc1. The maximum atomic E-state index is 11.4. The lowest BCUT2D eigenvalue weighted by molar-refractivity contribution is -0.119. The first-order chi connectivity index (χ1) is 9.67. The van der Waals surface area contributed by atoms with Gasteiger partial charge in [0, 0.05) is 29.9 Å². The molecule has 0 aliphatic heterocycles. The lowest BCUT2D eigenvalue weighted by atomic mass is 10.2. The molecule has 20 heavy (non-hydrogen) atoms. The molecule has 0 aliphatic rings. The lowest BCUT2D eigenvalue weighted by Crippen LogP contribution is -2.16. The highest BCUT2D eigenvalue weighted by molar-refractivity contribution is 9.11. The maximum absolute atomic E-state index is 11.4. The van der Waals surface area contributed by atoms with Crippen LogP contribution in [0, 0.1) is 0 Å². The van der Waals surface area contributed by atoms with Crippen molar-refractivity contribution in [1.82, 2.24) is 0 Å². The van der Waals surface area contributed by atoms with Gasteiger partial charge in [-0.15, -0.1) is 11.3 Å². The van der Waals surface area contributed by atoms with Gasteiger partial charge in [-0.2, -0.15) is 0 Å². The van der Waals surface area contributed by atoms with Gasteiger partial charge < -0.3 is 15.4 Å². The molecule has 0 radical (unpaired) electrons. The van der Waals surface area contributed by atoms with Gasteiger partial charge in [0.2, 0.25) is 5.91 Å². The second-order valence-corrected chi connectivity index (χ2v) is 6.67. The summed E-state index contributed by atoms with van der Waals surface area (Å²) >= 11 is 5.15. The number of nitrogens with one attached hydrogen (secondary N) is 2. The molecular formula is C14H15BrN2O2S. The van der Waals surface area contributed by atoms with E-state index >= 15 is 0 Å². The van der Waals surface area contributed by atoms with Gasteiger partial charge in [0.05, 0.1) is 3.79 Å². The van der Waals surface area contributed by atoms with E-state index in [1.807, 2.05) is 30.3 Å². The highest BCUT2D eigenvalue weighted by Gasteiger charge is 2.02. The van der Waals surface area contributed by atoms with E-state index in [-0.39, 0.29) is 12.5 Å². The molecule has 0 spiro atoms. The second-order valence-electron chi connectivity index (χ2n) is 4.12. The van der Waals surface area contributed by atoms with Crippen LogP contribution in [0.1, 0.15) is 4.88 Å². The van der Waals surface area contributed by atoms with Crippen LogP contribution in [0.2, 0.25) is 0 Å². The van der Waals surface area contributed by atoms with Crippen molar-refractivity contribution in [3.63, 3.8) is 0 Å². The van der Waals surface area contributed by atoms with Crippen LogP contribution in [0.4, 0.5) is 11.4 Å². The summed E-state index contributed by atoms with van der Waals surface area (Å²) in [6, 6.07) is 11.7. The van der Waals surface area contributed by atoms with Crippen molar-refractivity contribution < 1.29 is 9.53 Å². The number of thiophene rings is 1. The molecule has 0 bridgehead atoms. The van der Waals surface area contributed by atoms with Gasteiger partial charge >= 0.3 is 0 Å². The average molecular weight is 355 g/mol. The number of hydrogen-bond acceptors (Lipinski definition) is 4. The van der Waals surface area contributed by atoms with Gasteiger partial charge in [0.15, 0.2) is 0 Å². The summed E-state index contributed by atoms with van der Waals surface area (Å²) in [6.45, 7) is 0.846. The Kier molecular flexibility index (Phi) is 5.58. The van der Waals surface area contributed by atoms with E-state index in [0.717, 1.165) is 21.7 Å². The van der Waals surface area contributed by atoms with Gasteiger partial charge in [-0.3, -0.25) is 4.79 Å². The van der Waals surface area contributed by atoms with Crippen LogP contribution >= 0.6 is 27.3 Å². The minimum absolute atomic E-state index is 0.0628. The van der Waals surface area contributed by atoms with Crippen molar-refractivity contribution in [2.75, 3.05) is 24.4 Å². The molecule has 0 saturated carbocycles. The van der Waals surface area contributed by atoms with Crippen LogP contribution < -0.4 is 10.6 Å². The van der Waals surface area contributed by atoms with Crippen molar-refractivity contribution in [1.29, 1.82) is 0 Å². The van der Waals surface area contributed by atoms with Gasteiger partial charge in [0.1, 0.15) is 6.61 Å². The molecule has 1 heterocycles. The highest BCUT2D eigenvalue weighted by Crippen LogP contribution is 2.23. The molecule has 1 aromatic heterocycles. The molecule has 6 heteroatoms. The Balaban J connectivity index is 1.86. The van der Waals surface area contributed by atoms with Crippen molar-refractivity contribution in [3.05, 3.63) is 45.1 Å². The number of anilines is 2. The summed E-state index contributed by atoms with van der Waals surface area (Å²) < 4.78 is 5.89. The molecule has 106 valence electrons. The van der Waals surface area contributed by atoms with Crippen LogP contribution in [-0.4, -0.2) is 19.6 Å². The van der Waals surface area contributed by atoms with E-state index in [4.69, 9.17) is 4.74 Å². The predicted molar refractivity (Wildman–Crippen MR) is 86.3 cm³/mol. The molecule has 2 N–H and O–H groups in total. The fourth-order valence-corrected chi connectivity index (χ4v) is 3.06. The van der Waals surface area contributed by atoms with Crippen molar-refractivity contribution in [2.24, 2.45) is 0 Å². The summed E-state index contributed by atoms with van der Waals surface area (Å²) in [4.78, 5) is 12.6. The molecule has 4 nitrogen and oxygen atoms in total. The molecule has 0 unspecified atom stereocenters. The number of ether oxygens (including phenoxy) is 1. The number of amides is 1. The Morgan fingerprint density at radius 2 is 1.90 bits per heavy atom. The van der Waals surface area contributed by atoms with Crippen molar-refractivity contribution in [2.45, 2.75) is 6.54 Å². The van der Waals surface area contributed by atoms with Gasteiger partial charge in [-0.25, -0.2) is 0 Å². The average Bonchev–Trinajstić information content (AvgIpc) is 2.84. The normalized spacial score (nSPS) is 10.3. The first kappa shape index (κ1) is 15.0. The fourth-order valence-electron chi connectivity index (χ4n) is 1.64. The number of carbonyl (C=O) groups is 1. The van der Waals surface area contributed by atoms with E-state index in [1.165, 1.54) is 12.0 Å². The topological polar surface area (TPSA) is 50.4 Å². The second kappa shape index (κ2) is 7.42. The van der Waals surface area contributed by atoms with Crippen LogP contribution in [-0.2, 0) is 16.1 Å². The summed E-state index contributed by atoms with van der Waals surface area (Å²) in [6.07, 6.45) is 0. The van der Waals surface area contributed by atoms with Crippen LogP contribution in [0.15, 0.2) is 40.2 Å². The number of carbonyl (C=O) groups excluding carboxylic acids is 1. The summed E-state index contributed by atoms with van der Waals surface area (Å²) in [5.41, 5.74) is 1.77. The highest BCUT2D eigenvalue weighted by atomic mass is 79.9. The largest absolute Gasteiger partial charge is 0.380 e. The number of benzene rings is 1. The molecule has 1 amide bonds. The van der Waals surface area contributed by atoms with E-state index in [1.54, 1.807) is 11.3 Å². The number of rotatable bonds is 6. The number of hydrogen-bond donors (Lipinski definition) is 2. The first-order valence-electron chi connectivity index (χ1n) is 6.04.